The summed E-state index contributed by atoms with van der Waals surface area (Å²) in [6.07, 6.45) is 8.78. The van der Waals surface area contributed by atoms with E-state index in [1.165, 1.54) is 12.0 Å². The van der Waals surface area contributed by atoms with Crippen LogP contribution >= 0.6 is 0 Å². The number of nitrogens with two attached hydrogens (primary N) is 1. The van der Waals surface area contributed by atoms with E-state index in [2.05, 4.69) is 18.2 Å². The predicted molar refractivity (Wildman–Crippen MR) is 73.2 cm³/mol. The summed E-state index contributed by atoms with van der Waals surface area (Å²) in [6, 6.07) is 6.04. The summed E-state index contributed by atoms with van der Waals surface area (Å²) >= 11 is 0. The van der Waals surface area contributed by atoms with Crippen molar-refractivity contribution in [3.63, 3.8) is 0 Å². The van der Waals surface area contributed by atoms with Crippen LogP contribution in [0.3, 0.4) is 0 Å². The number of methoxy groups -OCH3 is 1. The fourth-order valence-electron chi connectivity index (χ4n) is 2.17. The van der Waals surface area contributed by atoms with Gasteiger partial charge in [-0.25, -0.2) is 0 Å². The third kappa shape index (κ3) is 3.26. The van der Waals surface area contributed by atoms with Crippen LogP contribution in [0.5, 0.6) is 11.5 Å². The molecule has 1 unspecified atom stereocenters. The van der Waals surface area contributed by atoms with E-state index in [4.69, 9.17) is 15.2 Å². The molecule has 0 aromatic heterocycles. The van der Waals surface area contributed by atoms with Crippen LogP contribution < -0.4 is 15.2 Å². The molecule has 0 amide bonds. The molecule has 1 aromatic carbocycles. The minimum atomic E-state index is 0.174. The van der Waals surface area contributed by atoms with Crippen LogP contribution in [0.1, 0.15) is 24.8 Å². The molecule has 2 N–H and O–H groups in total. The van der Waals surface area contributed by atoms with Crippen molar-refractivity contribution in [3.8, 4) is 11.5 Å². The number of hydrogen-bond donors (Lipinski definition) is 1. The molecule has 0 heterocycles. The maximum absolute atomic E-state index is 5.97. The largest absolute Gasteiger partial charge is 0.493 e. The highest BCUT2D eigenvalue weighted by Crippen LogP contribution is 2.30. The molecule has 0 bridgehead atoms. The van der Waals surface area contributed by atoms with E-state index in [0.717, 1.165) is 30.8 Å². The van der Waals surface area contributed by atoms with Crippen molar-refractivity contribution in [2.75, 3.05) is 13.7 Å². The highest BCUT2D eigenvalue weighted by atomic mass is 16.5. The van der Waals surface area contributed by atoms with Gasteiger partial charge in [0.1, 0.15) is 6.10 Å². The fourth-order valence-corrected chi connectivity index (χ4v) is 2.17. The molecule has 1 aromatic rings. The third-order valence-corrected chi connectivity index (χ3v) is 3.15. The predicted octanol–water partition coefficient (Wildman–Crippen LogP) is 2.68. The summed E-state index contributed by atoms with van der Waals surface area (Å²) in [5.41, 5.74) is 6.74. The Kier molecular flexibility index (Phi) is 4.65. The summed E-state index contributed by atoms with van der Waals surface area (Å²) in [5, 5.41) is 0. The highest BCUT2D eigenvalue weighted by Gasteiger charge is 2.13. The number of ether oxygens (including phenoxy) is 2. The van der Waals surface area contributed by atoms with Crippen molar-refractivity contribution in [2.24, 2.45) is 5.73 Å². The standard InChI is InChI=1S/C15H21NO2/c1-17-15-11-12(9-10-16)7-8-14(15)18-13-5-3-2-4-6-13/h3,5,7-8,11,13H,2,4,6,9-10,16H2,1H3. The molecule has 18 heavy (non-hydrogen) atoms. The molecule has 1 atom stereocenters. The molecule has 0 fully saturated rings. The third-order valence-electron chi connectivity index (χ3n) is 3.15. The molecular weight excluding hydrogens is 226 g/mol. The minimum absolute atomic E-state index is 0.174. The second-order valence-electron chi connectivity index (χ2n) is 4.54. The van der Waals surface area contributed by atoms with Gasteiger partial charge in [0, 0.05) is 0 Å². The second-order valence-corrected chi connectivity index (χ2v) is 4.54. The van der Waals surface area contributed by atoms with Gasteiger partial charge < -0.3 is 15.2 Å². The van der Waals surface area contributed by atoms with E-state index in [1.54, 1.807) is 7.11 Å². The molecule has 0 saturated heterocycles. The van der Waals surface area contributed by atoms with Crippen LogP contribution in [0.4, 0.5) is 0 Å². The lowest BCUT2D eigenvalue weighted by Gasteiger charge is -2.20. The van der Waals surface area contributed by atoms with Gasteiger partial charge in [0.25, 0.3) is 0 Å². The monoisotopic (exact) mass is 247 g/mol. The van der Waals surface area contributed by atoms with E-state index in [1.807, 2.05) is 12.1 Å². The first kappa shape index (κ1) is 13.0. The summed E-state index contributed by atoms with van der Waals surface area (Å²) in [6.45, 7) is 0.648. The second kappa shape index (κ2) is 6.45. The van der Waals surface area contributed by atoms with E-state index in [0.29, 0.717) is 6.54 Å². The molecule has 1 aliphatic rings. The zero-order chi connectivity index (χ0) is 12.8. The first-order chi connectivity index (χ1) is 8.83. The smallest absolute Gasteiger partial charge is 0.162 e. The van der Waals surface area contributed by atoms with Crippen LogP contribution in [0.25, 0.3) is 0 Å². The van der Waals surface area contributed by atoms with Gasteiger partial charge in [-0.05, 0) is 56.0 Å². The number of rotatable bonds is 5. The maximum Gasteiger partial charge on any atom is 0.162 e. The zero-order valence-electron chi connectivity index (χ0n) is 10.9. The van der Waals surface area contributed by atoms with Crippen molar-refractivity contribution >= 4 is 0 Å². The Labute approximate surface area is 109 Å². The minimum Gasteiger partial charge on any atom is -0.493 e. The Bertz CT molecular complexity index is 415. The molecule has 0 saturated carbocycles. The highest BCUT2D eigenvalue weighted by molar-refractivity contribution is 5.43. The Morgan fingerprint density at radius 1 is 1.33 bits per heavy atom. The molecule has 1 aliphatic carbocycles. The normalized spacial score (nSPS) is 18.7. The molecule has 98 valence electrons. The van der Waals surface area contributed by atoms with Gasteiger partial charge in [0.15, 0.2) is 11.5 Å². The topological polar surface area (TPSA) is 44.5 Å². The lowest BCUT2D eigenvalue weighted by Crippen LogP contribution is -2.16. The van der Waals surface area contributed by atoms with Crippen molar-refractivity contribution in [3.05, 3.63) is 35.9 Å². The van der Waals surface area contributed by atoms with Gasteiger partial charge in [-0.2, -0.15) is 0 Å². The molecule has 0 aliphatic heterocycles. The summed E-state index contributed by atoms with van der Waals surface area (Å²) in [4.78, 5) is 0. The van der Waals surface area contributed by atoms with Gasteiger partial charge in [-0.15, -0.1) is 0 Å². The van der Waals surface area contributed by atoms with Crippen molar-refractivity contribution in [1.29, 1.82) is 0 Å². The maximum atomic E-state index is 5.97. The van der Waals surface area contributed by atoms with Crippen LogP contribution in [-0.4, -0.2) is 19.8 Å². The van der Waals surface area contributed by atoms with Crippen LogP contribution in [0.15, 0.2) is 30.4 Å². The number of allylic oxidation sites excluding steroid dienone is 1. The Hall–Kier alpha value is -1.48. The lowest BCUT2D eigenvalue weighted by molar-refractivity contribution is 0.219. The van der Waals surface area contributed by atoms with Gasteiger partial charge in [-0.3, -0.25) is 0 Å². The molecule has 3 heteroatoms. The summed E-state index contributed by atoms with van der Waals surface area (Å²) < 4.78 is 11.4. The van der Waals surface area contributed by atoms with Crippen LogP contribution in [0, 0.1) is 0 Å². The average molecular weight is 247 g/mol. The van der Waals surface area contributed by atoms with E-state index in [9.17, 15) is 0 Å². The first-order valence-corrected chi connectivity index (χ1v) is 6.54. The Balaban J connectivity index is 2.11. The quantitative estimate of drug-likeness (QED) is 0.814. The number of hydrogen-bond acceptors (Lipinski definition) is 3. The van der Waals surface area contributed by atoms with E-state index >= 15 is 0 Å². The molecule has 2 rings (SSSR count). The lowest BCUT2D eigenvalue weighted by atomic mass is 10.1. The summed E-state index contributed by atoms with van der Waals surface area (Å²) in [5.74, 6) is 1.61. The van der Waals surface area contributed by atoms with Crippen molar-refractivity contribution in [2.45, 2.75) is 31.8 Å². The van der Waals surface area contributed by atoms with Gasteiger partial charge in [0.05, 0.1) is 7.11 Å². The van der Waals surface area contributed by atoms with E-state index < -0.39 is 0 Å². The fraction of sp³-hybridized carbons (Fsp3) is 0.467. The number of benzene rings is 1. The van der Waals surface area contributed by atoms with Gasteiger partial charge in [0.2, 0.25) is 0 Å². The van der Waals surface area contributed by atoms with Crippen LogP contribution in [-0.2, 0) is 6.42 Å². The molecule has 0 radical (unpaired) electrons. The van der Waals surface area contributed by atoms with Gasteiger partial charge >= 0.3 is 0 Å². The SMILES string of the molecule is COc1cc(CCN)ccc1OC1C=CCCC1. The average Bonchev–Trinajstić information content (AvgIpc) is 2.42. The van der Waals surface area contributed by atoms with Crippen molar-refractivity contribution < 1.29 is 9.47 Å². The Morgan fingerprint density at radius 3 is 2.89 bits per heavy atom. The summed E-state index contributed by atoms with van der Waals surface area (Å²) in [7, 11) is 1.67. The van der Waals surface area contributed by atoms with Crippen LogP contribution in [0.2, 0.25) is 0 Å². The van der Waals surface area contributed by atoms with Crippen molar-refractivity contribution in [1.82, 2.24) is 0 Å². The van der Waals surface area contributed by atoms with E-state index in [-0.39, 0.29) is 6.10 Å². The molecule has 0 spiro atoms. The zero-order valence-corrected chi connectivity index (χ0v) is 10.9. The molecule has 3 nitrogen and oxygen atoms in total. The van der Waals surface area contributed by atoms with Gasteiger partial charge in [-0.1, -0.05) is 12.1 Å². The first-order valence-electron chi connectivity index (χ1n) is 6.54. The molecular formula is C15H21NO2. The Morgan fingerprint density at radius 2 is 2.22 bits per heavy atom.